The van der Waals surface area contributed by atoms with Crippen molar-refractivity contribution in [2.75, 3.05) is 0 Å². The van der Waals surface area contributed by atoms with E-state index in [4.69, 9.17) is 27.6 Å². The minimum atomic E-state index is 0.634. The van der Waals surface area contributed by atoms with Crippen LogP contribution in [0.2, 0.25) is 10.0 Å². The van der Waals surface area contributed by atoms with Gasteiger partial charge in [-0.15, -0.1) is 0 Å². The third-order valence-electron chi connectivity index (χ3n) is 2.97. The summed E-state index contributed by atoms with van der Waals surface area (Å²) < 4.78 is 7.82. The van der Waals surface area contributed by atoms with Crippen LogP contribution in [-0.2, 0) is 6.42 Å². The van der Waals surface area contributed by atoms with Gasteiger partial charge in [-0.1, -0.05) is 45.2 Å². The van der Waals surface area contributed by atoms with E-state index in [0.717, 1.165) is 31.2 Å². The minimum absolute atomic E-state index is 0.634. The van der Waals surface area contributed by atoms with Gasteiger partial charge in [0, 0.05) is 26.3 Å². The molecule has 0 aliphatic heterocycles. The van der Waals surface area contributed by atoms with Gasteiger partial charge in [0.25, 0.3) is 0 Å². The van der Waals surface area contributed by atoms with Crippen molar-refractivity contribution in [1.29, 1.82) is 0 Å². The standard InChI is InChI=1S/C15H8Br2Cl2O/c16-10-3-9-5-12(20-15(9)13(17)6-10)4-8-1-2-11(18)7-14(8)19/h1-3,5-7H,4H2. The molecule has 0 aliphatic carbocycles. The Balaban J connectivity index is 2.01. The molecular formula is C15H8Br2Cl2O. The Hall–Kier alpha value is -0.480. The normalized spacial score (nSPS) is 11.2. The van der Waals surface area contributed by atoms with Crippen molar-refractivity contribution in [1.82, 2.24) is 0 Å². The molecule has 0 N–H and O–H groups in total. The fraction of sp³-hybridized carbons (Fsp3) is 0.0667. The van der Waals surface area contributed by atoms with Crippen LogP contribution in [0.5, 0.6) is 0 Å². The molecule has 0 saturated carbocycles. The predicted molar refractivity (Wildman–Crippen MR) is 90.9 cm³/mol. The van der Waals surface area contributed by atoms with Crippen molar-refractivity contribution >= 4 is 66.0 Å². The lowest BCUT2D eigenvalue weighted by molar-refractivity contribution is 0.561. The summed E-state index contributed by atoms with van der Waals surface area (Å²) >= 11 is 19.1. The number of hydrogen-bond acceptors (Lipinski definition) is 1. The molecule has 0 fully saturated rings. The summed E-state index contributed by atoms with van der Waals surface area (Å²) in [6, 6.07) is 11.5. The molecule has 1 aromatic heterocycles. The molecule has 5 heteroatoms. The zero-order chi connectivity index (χ0) is 14.3. The third-order valence-corrected chi connectivity index (χ3v) is 4.60. The van der Waals surface area contributed by atoms with Crippen LogP contribution in [0.25, 0.3) is 11.0 Å². The van der Waals surface area contributed by atoms with E-state index >= 15 is 0 Å². The van der Waals surface area contributed by atoms with Crippen LogP contribution in [-0.4, -0.2) is 0 Å². The SMILES string of the molecule is Clc1ccc(Cc2cc3cc(Br)cc(Br)c3o2)c(Cl)c1. The summed E-state index contributed by atoms with van der Waals surface area (Å²) in [5.41, 5.74) is 1.83. The van der Waals surface area contributed by atoms with E-state index < -0.39 is 0 Å². The van der Waals surface area contributed by atoms with Gasteiger partial charge in [-0.3, -0.25) is 0 Å². The lowest BCUT2D eigenvalue weighted by atomic mass is 10.1. The first-order valence-electron chi connectivity index (χ1n) is 5.84. The topological polar surface area (TPSA) is 13.1 Å². The first-order chi connectivity index (χ1) is 9.52. The van der Waals surface area contributed by atoms with Crippen molar-refractivity contribution < 1.29 is 4.42 Å². The molecule has 0 bridgehead atoms. The monoisotopic (exact) mass is 432 g/mol. The molecular weight excluding hydrogens is 427 g/mol. The average molecular weight is 435 g/mol. The molecule has 20 heavy (non-hydrogen) atoms. The Morgan fingerprint density at radius 2 is 1.80 bits per heavy atom. The van der Waals surface area contributed by atoms with Gasteiger partial charge >= 0.3 is 0 Å². The first-order valence-corrected chi connectivity index (χ1v) is 8.18. The highest BCUT2D eigenvalue weighted by Crippen LogP contribution is 2.32. The molecule has 1 nitrogen and oxygen atoms in total. The Labute approximate surface area is 143 Å². The van der Waals surface area contributed by atoms with Crippen LogP contribution < -0.4 is 0 Å². The Bertz CT molecular complexity index is 796. The number of halogens is 4. The fourth-order valence-electron chi connectivity index (χ4n) is 2.07. The predicted octanol–water partition coefficient (Wildman–Crippen LogP) is 6.86. The second kappa shape index (κ2) is 5.72. The maximum atomic E-state index is 6.19. The highest BCUT2D eigenvalue weighted by atomic mass is 79.9. The molecule has 2 aromatic carbocycles. The number of benzene rings is 2. The second-order valence-corrected chi connectivity index (χ2v) is 7.04. The minimum Gasteiger partial charge on any atom is -0.460 e. The number of hydrogen-bond donors (Lipinski definition) is 0. The molecule has 0 aliphatic rings. The van der Waals surface area contributed by atoms with Crippen LogP contribution in [0.3, 0.4) is 0 Å². The summed E-state index contributed by atoms with van der Waals surface area (Å²) in [6.07, 6.45) is 0.634. The van der Waals surface area contributed by atoms with Gasteiger partial charge in [0.1, 0.15) is 11.3 Å². The molecule has 102 valence electrons. The van der Waals surface area contributed by atoms with E-state index in [0.29, 0.717) is 16.5 Å². The second-order valence-electron chi connectivity index (χ2n) is 4.43. The van der Waals surface area contributed by atoms with E-state index in [1.165, 1.54) is 0 Å². The van der Waals surface area contributed by atoms with Gasteiger partial charge in [0.05, 0.1) is 4.47 Å². The van der Waals surface area contributed by atoms with Crippen molar-refractivity contribution in [3.05, 3.63) is 66.7 Å². The maximum absolute atomic E-state index is 6.19. The molecule has 0 spiro atoms. The average Bonchev–Trinajstić information content (AvgIpc) is 2.75. The van der Waals surface area contributed by atoms with Gasteiger partial charge in [0.2, 0.25) is 0 Å². The summed E-state index contributed by atoms with van der Waals surface area (Å²) in [5.74, 6) is 0.864. The van der Waals surface area contributed by atoms with Gasteiger partial charge in [0.15, 0.2) is 0 Å². The molecule has 0 atom stereocenters. The highest BCUT2D eigenvalue weighted by Gasteiger charge is 2.10. The van der Waals surface area contributed by atoms with Gasteiger partial charge in [-0.05, 0) is 51.8 Å². The number of fused-ring (bicyclic) bond motifs is 1. The van der Waals surface area contributed by atoms with Crippen LogP contribution in [0.4, 0.5) is 0 Å². The Morgan fingerprint density at radius 3 is 2.55 bits per heavy atom. The summed E-state index contributed by atoms with van der Waals surface area (Å²) in [6.45, 7) is 0. The molecule has 0 radical (unpaired) electrons. The summed E-state index contributed by atoms with van der Waals surface area (Å²) in [5, 5.41) is 2.33. The quantitative estimate of drug-likeness (QED) is 0.429. The highest BCUT2D eigenvalue weighted by molar-refractivity contribution is 9.11. The first kappa shape index (κ1) is 14.5. The maximum Gasteiger partial charge on any atom is 0.148 e. The summed E-state index contributed by atoms with van der Waals surface area (Å²) in [7, 11) is 0. The van der Waals surface area contributed by atoms with Crippen LogP contribution in [0.15, 0.2) is 49.8 Å². The fourth-order valence-corrected chi connectivity index (χ4v) is 3.88. The zero-order valence-electron chi connectivity index (χ0n) is 10.1. The van der Waals surface area contributed by atoms with Crippen molar-refractivity contribution in [2.24, 2.45) is 0 Å². The van der Waals surface area contributed by atoms with Crippen molar-refractivity contribution in [3.63, 3.8) is 0 Å². The molecule has 3 aromatic rings. The van der Waals surface area contributed by atoms with Crippen molar-refractivity contribution in [3.8, 4) is 0 Å². The third kappa shape index (κ3) is 2.91. The van der Waals surface area contributed by atoms with E-state index in [1.54, 1.807) is 6.07 Å². The lowest BCUT2D eigenvalue weighted by Gasteiger charge is -2.02. The van der Waals surface area contributed by atoms with Crippen LogP contribution >= 0.6 is 55.1 Å². The van der Waals surface area contributed by atoms with Gasteiger partial charge < -0.3 is 4.42 Å². The Morgan fingerprint density at radius 1 is 1.00 bits per heavy atom. The zero-order valence-corrected chi connectivity index (χ0v) is 14.8. The van der Waals surface area contributed by atoms with Crippen molar-refractivity contribution in [2.45, 2.75) is 6.42 Å². The van der Waals surface area contributed by atoms with E-state index in [1.807, 2.05) is 30.3 Å². The molecule has 0 amide bonds. The largest absolute Gasteiger partial charge is 0.460 e. The van der Waals surface area contributed by atoms with Gasteiger partial charge in [-0.2, -0.15) is 0 Å². The molecule has 1 heterocycles. The van der Waals surface area contributed by atoms with E-state index in [-0.39, 0.29) is 0 Å². The Kier molecular flexibility index (Phi) is 4.14. The van der Waals surface area contributed by atoms with Gasteiger partial charge in [-0.25, -0.2) is 0 Å². The number of furan rings is 1. The number of rotatable bonds is 2. The van der Waals surface area contributed by atoms with E-state index in [2.05, 4.69) is 31.9 Å². The van der Waals surface area contributed by atoms with E-state index in [9.17, 15) is 0 Å². The summed E-state index contributed by atoms with van der Waals surface area (Å²) in [4.78, 5) is 0. The molecule has 0 saturated heterocycles. The smallest absolute Gasteiger partial charge is 0.148 e. The molecule has 3 rings (SSSR count). The van der Waals surface area contributed by atoms with Crippen LogP contribution in [0, 0.1) is 0 Å². The van der Waals surface area contributed by atoms with Crippen LogP contribution in [0.1, 0.15) is 11.3 Å². The lowest BCUT2D eigenvalue weighted by Crippen LogP contribution is -1.86. The molecule has 0 unspecified atom stereocenters.